The Bertz CT molecular complexity index is 561. The van der Waals surface area contributed by atoms with Gasteiger partial charge in [-0.3, -0.25) is 9.89 Å². The molecule has 1 aromatic rings. The lowest BCUT2D eigenvalue weighted by molar-refractivity contribution is 0.177. The van der Waals surface area contributed by atoms with Crippen molar-refractivity contribution < 1.29 is 4.74 Å². The van der Waals surface area contributed by atoms with E-state index < -0.39 is 0 Å². The third-order valence-corrected chi connectivity index (χ3v) is 4.57. The van der Waals surface area contributed by atoms with Crippen LogP contribution in [-0.2, 0) is 24.3 Å². The molecule has 0 fully saturated rings. The van der Waals surface area contributed by atoms with Crippen molar-refractivity contribution in [1.82, 2.24) is 30.3 Å². The molecule has 8 nitrogen and oxygen atoms in total. The smallest absolute Gasteiger partial charge is 0.191 e. The predicted molar refractivity (Wildman–Crippen MR) is 115 cm³/mol. The van der Waals surface area contributed by atoms with Gasteiger partial charge in [-0.05, 0) is 26.8 Å². The van der Waals surface area contributed by atoms with Crippen molar-refractivity contribution in [3.63, 3.8) is 0 Å². The molecule has 1 atom stereocenters. The number of hydrogen-bond donors (Lipinski definition) is 2. The second kappa shape index (κ2) is 11.7. The van der Waals surface area contributed by atoms with Gasteiger partial charge < -0.3 is 15.4 Å². The Morgan fingerprint density at radius 2 is 2.23 bits per heavy atom. The highest BCUT2D eigenvalue weighted by atomic mass is 127. The van der Waals surface area contributed by atoms with E-state index >= 15 is 0 Å². The Morgan fingerprint density at radius 1 is 1.46 bits per heavy atom. The predicted octanol–water partition coefficient (Wildman–Crippen LogP) is 1.25. The van der Waals surface area contributed by atoms with Crippen LogP contribution in [0.2, 0.25) is 0 Å². The van der Waals surface area contributed by atoms with E-state index in [1.165, 1.54) is 0 Å². The number of hydrogen-bond acceptors (Lipinski definition) is 5. The monoisotopic (exact) mass is 479 g/mol. The molecule has 0 bridgehead atoms. The van der Waals surface area contributed by atoms with E-state index in [-0.39, 0.29) is 24.0 Å². The fraction of sp³-hybridized carbons (Fsp3) is 0.824. The molecule has 2 N–H and O–H groups in total. The molecule has 0 saturated heterocycles. The maximum atomic E-state index is 5.12. The van der Waals surface area contributed by atoms with Gasteiger partial charge in [0.1, 0.15) is 12.4 Å². The van der Waals surface area contributed by atoms with Gasteiger partial charge in [-0.15, -0.1) is 24.0 Å². The van der Waals surface area contributed by atoms with E-state index in [0.29, 0.717) is 18.7 Å². The van der Waals surface area contributed by atoms with Crippen LogP contribution in [0.3, 0.4) is 0 Å². The Hall–Kier alpha value is -0.940. The van der Waals surface area contributed by atoms with E-state index in [9.17, 15) is 0 Å². The number of rotatable bonds is 8. The molecule has 2 rings (SSSR count). The Morgan fingerprint density at radius 3 is 2.85 bits per heavy atom. The molecule has 1 unspecified atom stereocenters. The summed E-state index contributed by atoms with van der Waals surface area (Å²) < 4.78 is 7.10. The van der Waals surface area contributed by atoms with E-state index in [2.05, 4.69) is 51.4 Å². The number of methoxy groups -OCH3 is 1. The Labute approximate surface area is 174 Å². The zero-order valence-corrected chi connectivity index (χ0v) is 19.0. The summed E-state index contributed by atoms with van der Waals surface area (Å²) in [5.41, 5.74) is 0. The van der Waals surface area contributed by atoms with Crippen LogP contribution in [0.15, 0.2) is 4.99 Å². The summed E-state index contributed by atoms with van der Waals surface area (Å²) in [6, 6.07) is 0.871. The van der Waals surface area contributed by atoms with Crippen molar-refractivity contribution >= 4 is 29.9 Å². The molecule has 0 radical (unpaired) electrons. The van der Waals surface area contributed by atoms with Crippen LogP contribution in [0, 0.1) is 0 Å². The number of aromatic nitrogens is 3. The topological polar surface area (TPSA) is 79.6 Å². The van der Waals surface area contributed by atoms with Crippen LogP contribution in [0.1, 0.15) is 38.8 Å². The van der Waals surface area contributed by atoms with Gasteiger partial charge in [0.25, 0.3) is 0 Å². The standard InChI is InChI=1S/C17H33N7O.HI/c1-6-23(13(2)3)10-9-19-17(18-4)20-14-7-8-16-21-15(12-25-5)22-24(16)11-14;/h13-14H,6-12H2,1-5H3,(H2,18,19,20);1H. The summed E-state index contributed by atoms with van der Waals surface area (Å²) >= 11 is 0. The van der Waals surface area contributed by atoms with Gasteiger partial charge in [-0.1, -0.05) is 6.92 Å². The van der Waals surface area contributed by atoms with Crippen molar-refractivity contribution in [2.24, 2.45) is 4.99 Å². The van der Waals surface area contributed by atoms with Gasteiger partial charge in [-0.25, -0.2) is 9.67 Å². The number of likely N-dealkylation sites (N-methyl/N-ethyl adjacent to an activating group) is 1. The maximum absolute atomic E-state index is 5.12. The minimum Gasteiger partial charge on any atom is -0.377 e. The van der Waals surface area contributed by atoms with Crippen LogP contribution in [0.5, 0.6) is 0 Å². The third-order valence-electron chi connectivity index (χ3n) is 4.57. The van der Waals surface area contributed by atoms with E-state index in [4.69, 9.17) is 4.74 Å². The number of nitrogens with zero attached hydrogens (tertiary/aromatic N) is 5. The molecule has 0 aliphatic carbocycles. The summed E-state index contributed by atoms with van der Waals surface area (Å²) in [6.07, 6.45) is 1.95. The maximum Gasteiger partial charge on any atom is 0.191 e. The first-order valence-corrected chi connectivity index (χ1v) is 9.20. The molecule has 2 heterocycles. The first kappa shape index (κ1) is 23.1. The number of guanidine groups is 1. The van der Waals surface area contributed by atoms with Crippen molar-refractivity contribution in [2.45, 2.75) is 58.8 Å². The van der Waals surface area contributed by atoms with Crippen LogP contribution in [-0.4, -0.2) is 71.5 Å². The van der Waals surface area contributed by atoms with Crippen molar-refractivity contribution in [3.05, 3.63) is 11.6 Å². The van der Waals surface area contributed by atoms with Gasteiger partial charge in [-0.2, -0.15) is 5.10 Å². The average molecular weight is 479 g/mol. The molecule has 9 heteroatoms. The summed E-state index contributed by atoms with van der Waals surface area (Å²) in [7, 11) is 3.48. The average Bonchev–Trinajstić information content (AvgIpc) is 2.99. The highest BCUT2D eigenvalue weighted by Gasteiger charge is 2.22. The molecule has 0 amide bonds. The molecular formula is C17H34IN7O. The minimum atomic E-state index is 0. The van der Waals surface area contributed by atoms with Gasteiger partial charge in [0.15, 0.2) is 11.8 Å². The van der Waals surface area contributed by atoms with Crippen molar-refractivity contribution in [1.29, 1.82) is 0 Å². The number of halogens is 1. The second-order valence-corrected chi connectivity index (χ2v) is 6.66. The third kappa shape index (κ3) is 6.66. The molecule has 1 aliphatic heterocycles. The lowest BCUT2D eigenvalue weighted by Crippen LogP contribution is -2.49. The first-order chi connectivity index (χ1) is 12.1. The lowest BCUT2D eigenvalue weighted by atomic mass is 10.1. The number of nitrogens with one attached hydrogen (secondary N) is 2. The molecule has 0 aromatic carbocycles. The quantitative estimate of drug-likeness (QED) is 0.332. The fourth-order valence-electron chi connectivity index (χ4n) is 3.16. The fourth-order valence-corrected chi connectivity index (χ4v) is 3.16. The second-order valence-electron chi connectivity index (χ2n) is 6.66. The van der Waals surface area contributed by atoms with Gasteiger partial charge in [0, 0.05) is 45.8 Å². The first-order valence-electron chi connectivity index (χ1n) is 9.20. The Balaban J connectivity index is 0.00000338. The Kier molecular flexibility index (Phi) is 10.4. The highest BCUT2D eigenvalue weighted by Crippen LogP contribution is 2.13. The molecule has 26 heavy (non-hydrogen) atoms. The number of fused-ring (bicyclic) bond motifs is 1. The number of ether oxygens (including phenoxy) is 1. The van der Waals surface area contributed by atoms with Crippen molar-refractivity contribution in [3.8, 4) is 0 Å². The summed E-state index contributed by atoms with van der Waals surface area (Å²) in [6.45, 7) is 10.9. The van der Waals surface area contributed by atoms with E-state index in [0.717, 1.165) is 56.6 Å². The van der Waals surface area contributed by atoms with Gasteiger partial charge >= 0.3 is 0 Å². The van der Waals surface area contributed by atoms with Crippen LogP contribution >= 0.6 is 24.0 Å². The highest BCUT2D eigenvalue weighted by molar-refractivity contribution is 14.0. The van der Waals surface area contributed by atoms with E-state index in [1.807, 2.05) is 11.7 Å². The van der Waals surface area contributed by atoms with Gasteiger partial charge in [0.2, 0.25) is 0 Å². The van der Waals surface area contributed by atoms with Crippen LogP contribution in [0.4, 0.5) is 0 Å². The van der Waals surface area contributed by atoms with E-state index in [1.54, 1.807) is 7.11 Å². The minimum absolute atomic E-state index is 0. The normalized spacial score (nSPS) is 17.2. The molecule has 1 aromatic heterocycles. The van der Waals surface area contributed by atoms with Crippen LogP contribution in [0.25, 0.3) is 0 Å². The number of aryl methyl sites for hydroxylation is 1. The SMILES string of the molecule is CCN(CCNC(=NC)NC1CCc2nc(COC)nn2C1)C(C)C.I. The largest absolute Gasteiger partial charge is 0.377 e. The molecular weight excluding hydrogens is 445 g/mol. The molecule has 0 saturated carbocycles. The zero-order valence-electron chi connectivity index (χ0n) is 16.7. The zero-order chi connectivity index (χ0) is 18.2. The molecule has 150 valence electrons. The lowest BCUT2D eigenvalue weighted by Gasteiger charge is -2.27. The van der Waals surface area contributed by atoms with Crippen molar-refractivity contribution in [2.75, 3.05) is 33.8 Å². The van der Waals surface area contributed by atoms with Gasteiger partial charge in [0.05, 0.1) is 6.54 Å². The molecule has 0 spiro atoms. The summed E-state index contributed by atoms with van der Waals surface area (Å²) in [5, 5.41) is 11.4. The summed E-state index contributed by atoms with van der Waals surface area (Å²) in [5.74, 6) is 2.66. The summed E-state index contributed by atoms with van der Waals surface area (Å²) in [4.78, 5) is 11.3. The van der Waals surface area contributed by atoms with Crippen LogP contribution < -0.4 is 10.6 Å². The molecule has 1 aliphatic rings. The number of aliphatic imine (C=N–C) groups is 1.